The fraction of sp³-hybridized carbons (Fsp3) is 0.455. The minimum absolute atomic E-state index is 0.478. The first-order valence-electron chi connectivity index (χ1n) is 5.46. The summed E-state index contributed by atoms with van der Waals surface area (Å²) in [5.41, 5.74) is 0.478. The van der Waals surface area contributed by atoms with Crippen molar-refractivity contribution in [1.29, 1.82) is 0 Å². The Bertz CT molecular complexity index is 399. The number of rotatable bonds is 6. The molecule has 2 atom stereocenters. The first kappa shape index (κ1) is 14.4. The lowest BCUT2D eigenvalue weighted by Crippen LogP contribution is -2.64. The van der Waals surface area contributed by atoms with Gasteiger partial charge in [0.25, 0.3) is 12.4 Å². The van der Waals surface area contributed by atoms with Crippen LogP contribution < -0.4 is 10.2 Å². The molecule has 0 aliphatic carbocycles. The summed E-state index contributed by atoms with van der Waals surface area (Å²) in [6.07, 6.45) is -1.09. The van der Waals surface area contributed by atoms with Crippen LogP contribution in [0.1, 0.15) is 6.92 Å². The van der Waals surface area contributed by atoms with E-state index in [2.05, 4.69) is 5.32 Å². The molecule has 18 heavy (non-hydrogen) atoms. The normalized spacial score (nSPS) is 15.8. The number of para-hydroxylation sites is 1. The molecule has 0 aromatic heterocycles. The van der Waals surface area contributed by atoms with Crippen LogP contribution in [0, 0.1) is 10.1 Å². The lowest BCUT2D eigenvalue weighted by molar-refractivity contribution is -0.503. The van der Waals surface area contributed by atoms with E-state index in [4.69, 9.17) is 0 Å². The molecule has 0 radical (unpaired) electrons. The van der Waals surface area contributed by atoms with Crippen LogP contribution in [-0.4, -0.2) is 40.8 Å². The molecule has 0 saturated heterocycles. The van der Waals surface area contributed by atoms with E-state index in [1.807, 2.05) is 0 Å². The fourth-order valence-corrected chi connectivity index (χ4v) is 1.78. The molecule has 1 aromatic rings. The third-order valence-electron chi connectivity index (χ3n) is 2.56. The highest BCUT2D eigenvalue weighted by Gasteiger charge is 2.40. The Morgan fingerprint density at radius 3 is 2.44 bits per heavy atom. The Morgan fingerprint density at radius 1 is 1.50 bits per heavy atom. The van der Waals surface area contributed by atoms with Crippen LogP contribution in [0.3, 0.4) is 0 Å². The molecule has 0 aliphatic rings. The van der Waals surface area contributed by atoms with Gasteiger partial charge in [0.1, 0.15) is 6.23 Å². The highest BCUT2D eigenvalue weighted by atomic mass is 16.6. The standard InChI is InChI=1S/C11H17N3O4/c1-9(15)14(10-6-4-3-5-7-10)11(16,12-2)8-13(17)18/h3-7,9,12,15-16H,8H2,1-2H3. The van der Waals surface area contributed by atoms with Gasteiger partial charge in [0.2, 0.25) is 0 Å². The largest absolute Gasteiger partial charge is 0.374 e. The molecule has 0 bridgehead atoms. The van der Waals surface area contributed by atoms with E-state index in [0.29, 0.717) is 5.69 Å². The Hall–Kier alpha value is -1.70. The van der Waals surface area contributed by atoms with Gasteiger partial charge >= 0.3 is 0 Å². The number of aliphatic hydroxyl groups is 2. The van der Waals surface area contributed by atoms with Gasteiger partial charge in [-0.15, -0.1) is 0 Å². The molecule has 0 saturated carbocycles. The van der Waals surface area contributed by atoms with Crippen LogP contribution in [0.5, 0.6) is 0 Å². The SMILES string of the molecule is CNC(O)(C[N+](=O)[O-])N(c1ccccc1)C(C)O. The number of hydrogen-bond donors (Lipinski definition) is 3. The van der Waals surface area contributed by atoms with Crippen LogP contribution in [-0.2, 0) is 0 Å². The van der Waals surface area contributed by atoms with Crippen molar-refractivity contribution in [3.05, 3.63) is 40.4 Å². The van der Waals surface area contributed by atoms with Gasteiger partial charge in [0.05, 0.1) is 0 Å². The number of aliphatic hydroxyl groups excluding tert-OH is 1. The number of nitro groups is 1. The zero-order valence-electron chi connectivity index (χ0n) is 10.3. The minimum Gasteiger partial charge on any atom is -0.374 e. The fourth-order valence-electron chi connectivity index (χ4n) is 1.78. The van der Waals surface area contributed by atoms with Gasteiger partial charge < -0.3 is 15.1 Å². The Balaban J connectivity index is 3.14. The second-order valence-electron chi connectivity index (χ2n) is 3.89. The van der Waals surface area contributed by atoms with Crippen LogP contribution >= 0.6 is 0 Å². The number of nitrogens with zero attached hydrogens (tertiary/aromatic N) is 2. The van der Waals surface area contributed by atoms with Gasteiger partial charge in [-0.3, -0.25) is 15.4 Å². The molecule has 1 rings (SSSR count). The zero-order valence-corrected chi connectivity index (χ0v) is 10.3. The Kier molecular flexibility index (Phi) is 4.60. The lowest BCUT2D eigenvalue weighted by Gasteiger charge is -2.39. The summed E-state index contributed by atoms with van der Waals surface area (Å²) >= 11 is 0. The molecule has 7 nitrogen and oxygen atoms in total. The number of nitrogens with one attached hydrogen (secondary N) is 1. The molecule has 2 unspecified atom stereocenters. The van der Waals surface area contributed by atoms with E-state index in [0.717, 1.165) is 4.90 Å². The first-order chi connectivity index (χ1) is 8.40. The third kappa shape index (κ3) is 3.16. The molecular formula is C11H17N3O4. The molecule has 100 valence electrons. The summed E-state index contributed by atoms with van der Waals surface area (Å²) in [6, 6.07) is 8.50. The van der Waals surface area contributed by atoms with Crippen molar-refractivity contribution in [2.75, 3.05) is 18.5 Å². The van der Waals surface area contributed by atoms with E-state index in [9.17, 15) is 20.3 Å². The average Bonchev–Trinajstić information content (AvgIpc) is 2.29. The van der Waals surface area contributed by atoms with Crippen molar-refractivity contribution in [3.8, 4) is 0 Å². The summed E-state index contributed by atoms with van der Waals surface area (Å²) in [5.74, 6) is -1.96. The molecule has 0 fully saturated rings. The first-order valence-corrected chi connectivity index (χ1v) is 5.46. The van der Waals surface area contributed by atoms with Crippen molar-refractivity contribution in [3.63, 3.8) is 0 Å². The van der Waals surface area contributed by atoms with Crippen molar-refractivity contribution in [2.24, 2.45) is 0 Å². The predicted octanol–water partition coefficient (Wildman–Crippen LogP) is -0.0265. The van der Waals surface area contributed by atoms with E-state index in [1.54, 1.807) is 30.3 Å². The van der Waals surface area contributed by atoms with Gasteiger partial charge in [0, 0.05) is 10.6 Å². The Morgan fingerprint density at radius 2 is 2.06 bits per heavy atom. The number of hydrogen-bond acceptors (Lipinski definition) is 6. The summed E-state index contributed by atoms with van der Waals surface area (Å²) in [5, 5.41) is 33.1. The topological polar surface area (TPSA) is 98.9 Å². The quantitative estimate of drug-likeness (QED) is 0.375. The van der Waals surface area contributed by atoms with Gasteiger partial charge in [-0.05, 0) is 26.1 Å². The maximum Gasteiger partial charge on any atom is 0.265 e. The van der Waals surface area contributed by atoms with E-state index in [1.165, 1.54) is 14.0 Å². The van der Waals surface area contributed by atoms with E-state index in [-0.39, 0.29) is 0 Å². The van der Waals surface area contributed by atoms with Crippen LogP contribution in [0.25, 0.3) is 0 Å². The summed E-state index contributed by atoms with van der Waals surface area (Å²) in [6.45, 7) is 0.665. The van der Waals surface area contributed by atoms with Gasteiger partial charge in [-0.2, -0.15) is 0 Å². The van der Waals surface area contributed by atoms with Crippen LogP contribution in [0.15, 0.2) is 30.3 Å². The molecule has 0 aliphatic heterocycles. The maximum absolute atomic E-state index is 10.6. The van der Waals surface area contributed by atoms with Crippen LogP contribution in [0.2, 0.25) is 0 Å². The molecule has 0 amide bonds. The summed E-state index contributed by atoms with van der Waals surface area (Å²) in [4.78, 5) is 11.1. The van der Waals surface area contributed by atoms with Crippen molar-refractivity contribution < 1.29 is 15.1 Å². The van der Waals surface area contributed by atoms with Crippen LogP contribution in [0.4, 0.5) is 5.69 Å². The van der Waals surface area contributed by atoms with Gasteiger partial charge in [-0.1, -0.05) is 18.2 Å². The molecule has 7 heteroatoms. The van der Waals surface area contributed by atoms with Crippen molar-refractivity contribution in [2.45, 2.75) is 19.0 Å². The van der Waals surface area contributed by atoms with Crippen molar-refractivity contribution in [1.82, 2.24) is 5.32 Å². The number of likely N-dealkylation sites (N-methyl/N-ethyl adjacent to an activating group) is 1. The summed E-state index contributed by atoms with van der Waals surface area (Å²) < 4.78 is 0. The smallest absolute Gasteiger partial charge is 0.265 e. The second kappa shape index (κ2) is 5.76. The highest BCUT2D eigenvalue weighted by molar-refractivity contribution is 5.48. The minimum atomic E-state index is -1.96. The Labute approximate surface area is 105 Å². The third-order valence-corrected chi connectivity index (χ3v) is 2.56. The molecule has 0 spiro atoms. The molecule has 3 N–H and O–H groups in total. The molecule has 0 heterocycles. The second-order valence-corrected chi connectivity index (χ2v) is 3.89. The van der Waals surface area contributed by atoms with Gasteiger partial charge in [-0.25, -0.2) is 0 Å². The van der Waals surface area contributed by atoms with E-state index >= 15 is 0 Å². The lowest BCUT2D eigenvalue weighted by atomic mass is 10.2. The number of benzene rings is 1. The monoisotopic (exact) mass is 255 g/mol. The zero-order chi connectivity index (χ0) is 13.8. The van der Waals surface area contributed by atoms with E-state index < -0.39 is 23.5 Å². The maximum atomic E-state index is 10.6. The highest BCUT2D eigenvalue weighted by Crippen LogP contribution is 2.23. The van der Waals surface area contributed by atoms with Crippen molar-refractivity contribution >= 4 is 5.69 Å². The summed E-state index contributed by atoms with van der Waals surface area (Å²) in [7, 11) is 1.39. The number of anilines is 1. The predicted molar refractivity (Wildman–Crippen MR) is 66.5 cm³/mol. The van der Waals surface area contributed by atoms with Gasteiger partial charge in [0.15, 0.2) is 0 Å². The molecular weight excluding hydrogens is 238 g/mol. The molecule has 1 aromatic carbocycles. The average molecular weight is 255 g/mol.